The molecule has 1 unspecified atom stereocenters. The first-order chi connectivity index (χ1) is 4.60. The number of aliphatic hydroxyl groups is 2. The van der Waals surface area contributed by atoms with Gasteiger partial charge >= 0.3 is 0 Å². The van der Waals surface area contributed by atoms with Gasteiger partial charge in [0.1, 0.15) is 0 Å². The van der Waals surface area contributed by atoms with Crippen LogP contribution in [0.15, 0.2) is 12.7 Å². The summed E-state index contributed by atoms with van der Waals surface area (Å²) in [5, 5.41) is 17.8. The van der Waals surface area contributed by atoms with Gasteiger partial charge in [0.25, 0.3) is 0 Å². The van der Waals surface area contributed by atoms with Crippen molar-refractivity contribution in [2.24, 2.45) is 11.3 Å². The molecule has 0 saturated heterocycles. The van der Waals surface area contributed by atoms with Gasteiger partial charge in [-0.2, -0.15) is 0 Å². The van der Waals surface area contributed by atoms with E-state index >= 15 is 0 Å². The highest BCUT2D eigenvalue weighted by molar-refractivity contribution is 4.89. The SMILES string of the molecule is C=CC(C)C(C)(CO)CO. The molecule has 0 aromatic carbocycles. The molecule has 2 heteroatoms. The Labute approximate surface area is 62.2 Å². The molecular weight excluding hydrogens is 128 g/mol. The van der Waals surface area contributed by atoms with Crippen LogP contribution < -0.4 is 0 Å². The van der Waals surface area contributed by atoms with Gasteiger partial charge in [0.15, 0.2) is 0 Å². The van der Waals surface area contributed by atoms with Gasteiger partial charge in [0, 0.05) is 5.41 Å². The van der Waals surface area contributed by atoms with Crippen LogP contribution in [0.3, 0.4) is 0 Å². The first kappa shape index (κ1) is 9.66. The number of hydrogen-bond acceptors (Lipinski definition) is 2. The van der Waals surface area contributed by atoms with Crippen molar-refractivity contribution >= 4 is 0 Å². The van der Waals surface area contributed by atoms with Crippen LogP contribution in [0.5, 0.6) is 0 Å². The Hall–Kier alpha value is -0.340. The summed E-state index contributed by atoms with van der Waals surface area (Å²) in [5.74, 6) is 0.141. The van der Waals surface area contributed by atoms with E-state index in [-0.39, 0.29) is 19.1 Å². The van der Waals surface area contributed by atoms with Crippen LogP contribution >= 0.6 is 0 Å². The molecule has 60 valence electrons. The minimum Gasteiger partial charge on any atom is -0.396 e. The third-order valence-corrected chi connectivity index (χ3v) is 2.18. The molecule has 0 spiro atoms. The Kier molecular flexibility index (Phi) is 3.61. The molecule has 0 aliphatic carbocycles. The van der Waals surface area contributed by atoms with E-state index < -0.39 is 5.41 Å². The molecule has 0 aliphatic heterocycles. The lowest BCUT2D eigenvalue weighted by Crippen LogP contribution is -2.32. The third-order valence-electron chi connectivity index (χ3n) is 2.18. The van der Waals surface area contributed by atoms with Crippen LogP contribution in [0.2, 0.25) is 0 Å². The summed E-state index contributed by atoms with van der Waals surface area (Å²) in [7, 11) is 0. The quantitative estimate of drug-likeness (QED) is 0.573. The lowest BCUT2D eigenvalue weighted by molar-refractivity contribution is 0.0416. The van der Waals surface area contributed by atoms with E-state index in [2.05, 4.69) is 6.58 Å². The van der Waals surface area contributed by atoms with Crippen molar-refractivity contribution in [3.8, 4) is 0 Å². The molecule has 1 atom stereocenters. The molecule has 10 heavy (non-hydrogen) atoms. The van der Waals surface area contributed by atoms with E-state index in [9.17, 15) is 0 Å². The zero-order chi connectivity index (χ0) is 8.20. The van der Waals surface area contributed by atoms with E-state index in [1.165, 1.54) is 0 Å². The van der Waals surface area contributed by atoms with Crippen LogP contribution in [0.25, 0.3) is 0 Å². The van der Waals surface area contributed by atoms with Crippen molar-refractivity contribution in [1.82, 2.24) is 0 Å². The molecule has 2 nitrogen and oxygen atoms in total. The first-order valence-electron chi connectivity index (χ1n) is 3.45. The van der Waals surface area contributed by atoms with Gasteiger partial charge in [-0.25, -0.2) is 0 Å². The maximum atomic E-state index is 8.88. The van der Waals surface area contributed by atoms with Crippen molar-refractivity contribution in [3.63, 3.8) is 0 Å². The van der Waals surface area contributed by atoms with E-state index in [1.54, 1.807) is 6.08 Å². The number of aliphatic hydroxyl groups excluding tert-OH is 2. The van der Waals surface area contributed by atoms with Crippen LogP contribution in [0, 0.1) is 11.3 Å². The third kappa shape index (κ3) is 1.82. The monoisotopic (exact) mass is 144 g/mol. The number of hydrogen-bond donors (Lipinski definition) is 2. The second kappa shape index (κ2) is 3.74. The standard InChI is InChI=1S/C8H16O2/c1-4-7(2)8(3,5-9)6-10/h4,7,9-10H,1,5-6H2,2-3H3. The van der Waals surface area contributed by atoms with Gasteiger partial charge < -0.3 is 10.2 Å². The van der Waals surface area contributed by atoms with Crippen LogP contribution in [-0.2, 0) is 0 Å². The summed E-state index contributed by atoms with van der Waals surface area (Å²) < 4.78 is 0. The molecule has 0 heterocycles. The molecule has 0 rings (SSSR count). The van der Waals surface area contributed by atoms with Gasteiger partial charge in [-0.15, -0.1) is 6.58 Å². The van der Waals surface area contributed by atoms with E-state index in [0.717, 1.165) is 0 Å². The molecule has 0 aromatic heterocycles. The highest BCUT2D eigenvalue weighted by Crippen LogP contribution is 2.26. The summed E-state index contributed by atoms with van der Waals surface area (Å²) in [6, 6.07) is 0. The van der Waals surface area contributed by atoms with Crippen LogP contribution in [0.1, 0.15) is 13.8 Å². The Bertz CT molecular complexity index is 106. The second-order valence-electron chi connectivity index (χ2n) is 2.99. The smallest absolute Gasteiger partial charge is 0.0512 e. The largest absolute Gasteiger partial charge is 0.396 e. The minimum absolute atomic E-state index is 0.00329. The fourth-order valence-corrected chi connectivity index (χ4v) is 0.623. The van der Waals surface area contributed by atoms with Crippen molar-refractivity contribution in [2.75, 3.05) is 13.2 Å². The topological polar surface area (TPSA) is 40.5 Å². The summed E-state index contributed by atoms with van der Waals surface area (Å²) in [4.78, 5) is 0. The predicted molar refractivity (Wildman–Crippen MR) is 41.6 cm³/mol. The van der Waals surface area contributed by atoms with Gasteiger partial charge in [-0.05, 0) is 5.92 Å². The second-order valence-corrected chi connectivity index (χ2v) is 2.99. The van der Waals surface area contributed by atoms with Gasteiger partial charge in [-0.1, -0.05) is 19.9 Å². The maximum absolute atomic E-state index is 8.88. The van der Waals surface area contributed by atoms with Crippen molar-refractivity contribution in [2.45, 2.75) is 13.8 Å². The highest BCUT2D eigenvalue weighted by Gasteiger charge is 2.27. The van der Waals surface area contributed by atoms with Crippen LogP contribution in [0.4, 0.5) is 0 Å². The molecular formula is C8H16O2. The molecule has 0 aliphatic rings. The lowest BCUT2D eigenvalue weighted by atomic mass is 9.80. The number of allylic oxidation sites excluding steroid dienone is 1. The van der Waals surface area contributed by atoms with Crippen molar-refractivity contribution < 1.29 is 10.2 Å². The normalized spacial score (nSPS) is 14.8. The summed E-state index contributed by atoms with van der Waals surface area (Å²) in [5.41, 5.74) is -0.415. The average Bonchev–Trinajstić information content (AvgIpc) is 2.01. The fraction of sp³-hybridized carbons (Fsp3) is 0.750. The number of rotatable bonds is 4. The molecule has 0 radical (unpaired) electrons. The van der Waals surface area contributed by atoms with Gasteiger partial charge in [-0.3, -0.25) is 0 Å². The zero-order valence-electron chi connectivity index (χ0n) is 6.67. The van der Waals surface area contributed by atoms with Gasteiger partial charge in [0.2, 0.25) is 0 Å². The average molecular weight is 144 g/mol. The lowest BCUT2D eigenvalue weighted by Gasteiger charge is -2.29. The first-order valence-corrected chi connectivity index (χ1v) is 3.45. The van der Waals surface area contributed by atoms with E-state index in [0.29, 0.717) is 0 Å². The Balaban J connectivity index is 4.15. The maximum Gasteiger partial charge on any atom is 0.0512 e. The fourth-order valence-electron chi connectivity index (χ4n) is 0.623. The molecule has 0 saturated carbocycles. The molecule has 0 fully saturated rings. The molecule has 0 amide bonds. The zero-order valence-corrected chi connectivity index (χ0v) is 6.67. The van der Waals surface area contributed by atoms with E-state index in [1.807, 2.05) is 13.8 Å². The molecule has 0 bridgehead atoms. The summed E-state index contributed by atoms with van der Waals surface area (Å²) >= 11 is 0. The Morgan fingerprint density at radius 3 is 2.00 bits per heavy atom. The predicted octanol–water partition coefficient (Wildman–Crippen LogP) is 0.799. The van der Waals surface area contributed by atoms with E-state index in [4.69, 9.17) is 10.2 Å². The van der Waals surface area contributed by atoms with Gasteiger partial charge in [0.05, 0.1) is 13.2 Å². The highest BCUT2D eigenvalue weighted by atomic mass is 16.3. The molecule has 2 N–H and O–H groups in total. The summed E-state index contributed by atoms with van der Waals surface area (Å²) in [6.45, 7) is 7.36. The minimum atomic E-state index is -0.415. The van der Waals surface area contributed by atoms with Crippen molar-refractivity contribution in [1.29, 1.82) is 0 Å². The van der Waals surface area contributed by atoms with Crippen LogP contribution in [-0.4, -0.2) is 23.4 Å². The summed E-state index contributed by atoms with van der Waals surface area (Å²) in [6.07, 6.45) is 1.74. The molecule has 0 aromatic rings. The Morgan fingerprint density at radius 2 is 1.90 bits per heavy atom. The Morgan fingerprint density at radius 1 is 1.50 bits per heavy atom. The van der Waals surface area contributed by atoms with Crippen molar-refractivity contribution in [3.05, 3.63) is 12.7 Å².